The molecule has 36 heavy (non-hydrogen) atoms. The number of hydrogen-bond donors (Lipinski definition) is 1. The van der Waals surface area contributed by atoms with Crippen molar-refractivity contribution in [2.45, 2.75) is 85.0 Å². The number of hydrogen-bond acceptors (Lipinski definition) is 6. The zero-order valence-corrected chi connectivity index (χ0v) is 22.3. The van der Waals surface area contributed by atoms with Crippen molar-refractivity contribution in [1.82, 2.24) is 4.90 Å². The summed E-state index contributed by atoms with van der Waals surface area (Å²) in [6.07, 6.45) is 8.82. The summed E-state index contributed by atoms with van der Waals surface area (Å²) >= 11 is 0. The lowest BCUT2D eigenvalue weighted by Crippen LogP contribution is -2.28. The molecular weight excluding hydrogens is 454 g/mol. The number of aliphatic hydroxyl groups excluding tert-OH is 1. The molecule has 6 heteroatoms. The lowest BCUT2D eigenvalue weighted by Gasteiger charge is -2.21. The molecule has 0 atom stereocenters. The van der Waals surface area contributed by atoms with Crippen LogP contribution in [-0.2, 0) is 14.4 Å². The quantitative estimate of drug-likeness (QED) is 0.156. The van der Waals surface area contributed by atoms with Crippen LogP contribution in [-0.4, -0.2) is 53.6 Å². The molecule has 0 aliphatic heterocycles. The first-order valence-electron chi connectivity index (χ1n) is 13.6. The molecule has 1 aromatic carbocycles. The molecule has 0 spiro atoms. The van der Waals surface area contributed by atoms with Gasteiger partial charge in [-0.05, 0) is 69.1 Å². The molecule has 2 rings (SSSR count). The average Bonchev–Trinajstić information content (AvgIpc) is 2.88. The van der Waals surface area contributed by atoms with Gasteiger partial charge in [-0.1, -0.05) is 40.0 Å². The van der Waals surface area contributed by atoms with Crippen molar-refractivity contribution in [3.05, 3.63) is 47.1 Å². The monoisotopic (exact) mass is 497 g/mol. The fourth-order valence-corrected chi connectivity index (χ4v) is 4.20. The normalized spacial score (nSPS) is 14.6. The van der Waals surface area contributed by atoms with E-state index in [0.29, 0.717) is 24.3 Å². The summed E-state index contributed by atoms with van der Waals surface area (Å²) in [4.78, 5) is 39.9. The first kappa shape index (κ1) is 29.5. The standard InChI is InChI=1S/C30H43NO5/c1-4-7-11-28(34)29(26-22-24(32)14-17-27(26)33)30(35)23-12-15-25(16-13-23)36-21-10-20-31(18-8-5-2)19-9-6-3/h12-13,15-16,22,35H,4-11,14,17-21H2,1-3H3. The molecule has 0 aromatic heterocycles. The van der Waals surface area contributed by atoms with Crippen molar-refractivity contribution in [2.24, 2.45) is 0 Å². The molecule has 0 heterocycles. The van der Waals surface area contributed by atoms with Crippen molar-refractivity contribution < 1.29 is 24.2 Å². The van der Waals surface area contributed by atoms with Gasteiger partial charge in [0, 0.05) is 36.9 Å². The van der Waals surface area contributed by atoms with Gasteiger partial charge in [-0.15, -0.1) is 0 Å². The molecule has 1 N–H and O–H groups in total. The molecule has 0 saturated carbocycles. The number of rotatable bonds is 17. The minimum atomic E-state index is -0.320. The lowest BCUT2D eigenvalue weighted by atomic mass is 9.86. The molecule has 1 aliphatic carbocycles. The number of Topliss-reactive ketones (excluding diaryl/α,β-unsaturated/α-hetero) is 2. The summed E-state index contributed by atoms with van der Waals surface area (Å²) in [6.45, 7) is 10.3. The second kappa shape index (κ2) is 16.1. The smallest absolute Gasteiger partial charge is 0.167 e. The van der Waals surface area contributed by atoms with E-state index in [1.54, 1.807) is 24.3 Å². The number of allylic oxidation sites excluding steroid dienone is 3. The molecule has 0 unspecified atom stereocenters. The maximum atomic E-state index is 12.9. The van der Waals surface area contributed by atoms with E-state index < -0.39 is 0 Å². The Balaban J connectivity index is 2.09. The van der Waals surface area contributed by atoms with Gasteiger partial charge in [-0.25, -0.2) is 0 Å². The van der Waals surface area contributed by atoms with Gasteiger partial charge in [-0.3, -0.25) is 14.4 Å². The van der Waals surface area contributed by atoms with E-state index >= 15 is 0 Å². The predicted octanol–water partition coefficient (Wildman–Crippen LogP) is 6.24. The van der Waals surface area contributed by atoms with Crippen molar-refractivity contribution in [3.8, 4) is 5.75 Å². The third kappa shape index (κ3) is 9.38. The summed E-state index contributed by atoms with van der Waals surface area (Å²) in [6, 6.07) is 6.88. The number of carbonyl (C=O) groups excluding carboxylic acids is 3. The first-order valence-corrected chi connectivity index (χ1v) is 13.6. The maximum Gasteiger partial charge on any atom is 0.167 e. The van der Waals surface area contributed by atoms with E-state index in [1.165, 1.54) is 31.8 Å². The van der Waals surface area contributed by atoms with Crippen LogP contribution in [0.2, 0.25) is 0 Å². The Morgan fingerprint density at radius 2 is 1.50 bits per heavy atom. The van der Waals surface area contributed by atoms with E-state index in [2.05, 4.69) is 18.7 Å². The van der Waals surface area contributed by atoms with Gasteiger partial charge in [0.2, 0.25) is 0 Å². The highest BCUT2D eigenvalue weighted by Gasteiger charge is 2.28. The van der Waals surface area contributed by atoms with Crippen LogP contribution in [0.5, 0.6) is 5.75 Å². The van der Waals surface area contributed by atoms with E-state index in [0.717, 1.165) is 32.5 Å². The molecule has 0 amide bonds. The number of aliphatic hydroxyl groups is 1. The Hall–Kier alpha value is -2.73. The summed E-state index contributed by atoms with van der Waals surface area (Å²) in [5.74, 6) is -0.390. The van der Waals surface area contributed by atoms with Crippen molar-refractivity contribution in [3.63, 3.8) is 0 Å². The first-order chi connectivity index (χ1) is 17.4. The van der Waals surface area contributed by atoms with Crippen molar-refractivity contribution >= 4 is 23.1 Å². The van der Waals surface area contributed by atoms with Gasteiger partial charge in [-0.2, -0.15) is 0 Å². The minimum absolute atomic E-state index is 0.0286. The number of ether oxygens (including phenoxy) is 1. The van der Waals surface area contributed by atoms with Crippen molar-refractivity contribution in [1.29, 1.82) is 0 Å². The summed E-state index contributed by atoms with van der Waals surface area (Å²) < 4.78 is 5.91. The Labute approximate surface area is 216 Å². The number of benzene rings is 1. The Bertz CT molecular complexity index is 921. The predicted molar refractivity (Wildman–Crippen MR) is 144 cm³/mol. The summed E-state index contributed by atoms with van der Waals surface area (Å²) in [5.41, 5.74) is 0.398. The van der Waals surface area contributed by atoms with Crippen LogP contribution < -0.4 is 4.74 Å². The van der Waals surface area contributed by atoms with E-state index in [-0.39, 0.29) is 53.5 Å². The fourth-order valence-electron chi connectivity index (χ4n) is 4.20. The SMILES string of the molecule is CCCCC(=O)C(C1=CC(=O)CCC1=O)=C(O)c1ccc(OCCCN(CCCC)CCCC)cc1. The van der Waals surface area contributed by atoms with Crippen LogP contribution in [0, 0.1) is 0 Å². The second-order valence-electron chi connectivity index (χ2n) is 9.47. The minimum Gasteiger partial charge on any atom is -0.507 e. The van der Waals surface area contributed by atoms with Crippen LogP contribution >= 0.6 is 0 Å². The Kier molecular flexibility index (Phi) is 13.2. The molecule has 1 aromatic rings. The van der Waals surface area contributed by atoms with Crippen LogP contribution in [0.25, 0.3) is 5.76 Å². The van der Waals surface area contributed by atoms with Crippen LogP contribution in [0.4, 0.5) is 0 Å². The van der Waals surface area contributed by atoms with Crippen LogP contribution in [0.3, 0.4) is 0 Å². The average molecular weight is 498 g/mol. The molecule has 0 fully saturated rings. The molecule has 198 valence electrons. The molecule has 1 aliphatic rings. The Morgan fingerprint density at radius 3 is 2.11 bits per heavy atom. The molecule has 6 nitrogen and oxygen atoms in total. The number of carbonyl (C=O) groups is 3. The van der Waals surface area contributed by atoms with Gasteiger partial charge in [0.25, 0.3) is 0 Å². The van der Waals surface area contributed by atoms with Gasteiger partial charge >= 0.3 is 0 Å². The largest absolute Gasteiger partial charge is 0.507 e. The van der Waals surface area contributed by atoms with E-state index in [9.17, 15) is 19.5 Å². The van der Waals surface area contributed by atoms with Crippen LogP contribution in [0.1, 0.15) is 90.5 Å². The van der Waals surface area contributed by atoms with Gasteiger partial charge < -0.3 is 14.7 Å². The van der Waals surface area contributed by atoms with Gasteiger partial charge in [0.05, 0.1) is 12.2 Å². The highest BCUT2D eigenvalue weighted by molar-refractivity contribution is 6.20. The Morgan fingerprint density at radius 1 is 0.889 bits per heavy atom. The van der Waals surface area contributed by atoms with E-state index in [1.807, 2.05) is 6.92 Å². The van der Waals surface area contributed by atoms with Crippen molar-refractivity contribution in [2.75, 3.05) is 26.2 Å². The maximum absolute atomic E-state index is 12.9. The number of nitrogens with zero attached hydrogens (tertiary/aromatic N) is 1. The third-order valence-corrected chi connectivity index (χ3v) is 6.42. The van der Waals surface area contributed by atoms with Gasteiger partial charge in [0.1, 0.15) is 11.5 Å². The third-order valence-electron chi connectivity index (χ3n) is 6.42. The van der Waals surface area contributed by atoms with Crippen LogP contribution in [0.15, 0.2) is 41.5 Å². The highest BCUT2D eigenvalue weighted by atomic mass is 16.5. The summed E-state index contributed by atoms with van der Waals surface area (Å²) in [5, 5.41) is 11.0. The van der Waals surface area contributed by atoms with E-state index in [4.69, 9.17) is 4.74 Å². The zero-order chi connectivity index (χ0) is 26.3. The fraction of sp³-hybridized carbons (Fsp3) is 0.567. The zero-order valence-electron chi connectivity index (χ0n) is 22.3. The molecule has 0 radical (unpaired) electrons. The topological polar surface area (TPSA) is 83.9 Å². The summed E-state index contributed by atoms with van der Waals surface area (Å²) in [7, 11) is 0. The number of unbranched alkanes of at least 4 members (excludes halogenated alkanes) is 3. The lowest BCUT2D eigenvalue weighted by molar-refractivity contribution is -0.122. The van der Waals surface area contributed by atoms with Gasteiger partial charge in [0.15, 0.2) is 17.3 Å². The number of ketones is 3. The second-order valence-corrected chi connectivity index (χ2v) is 9.47. The highest BCUT2D eigenvalue weighted by Crippen LogP contribution is 2.29. The molecular formula is C30H43NO5. The molecule has 0 saturated heterocycles. The molecule has 0 bridgehead atoms.